The molecule has 13 nitrogen and oxygen atoms in total. The van der Waals surface area contributed by atoms with Crippen molar-refractivity contribution in [1.82, 2.24) is 15.0 Å². The molecule has 13 heteroatoms. The number of aromatic nitrogens is 3. The summed E-state index contributed by atoms with van der Waals surface area (Å²) >= 11 is 0. The van der Waals surface area contributed by atoms with Crippen molar-refractivity contribution in [2.24, 2.45) is 0 Å². The van der Waals surface area contributed by atoms with Crippen molar-refractivity contribution in [2.75, 3.05) is 13.2 Å². The highest BCUT2D eigenvalue weighted by molar-refractivity contribution is 5.68. The summed E-state index contributed by atoms with van der Waals surface area (Å²) in [5, 5.41) is 8.08. The van der Waals surface area contributed by atoms with Crippen molar-refractivity contribution >= 4 is 23.9 Å². The van der Waals surface area contributed by atoms with E-state index in [2.05, 4.69) is 10.3 Å². The highest BCUT2D eigenvalue weighted by Crippen LogP contribution is 2.34. The third-order valence-electron chi connectivity index (χ3n) is 4.68. The molecule has 1 aromatic heterocycles. The lowest BCUT2D eigenvalue weighted by Crippen LogP contribution is -2.60. The van der Waals surface area contributed by atoms with E-state index < -0.39 is 54.5 Å². The summed E-state index contributed by atoms with van der Waals surface area (Å²) in [6, 6.07) is 0. The number of unbranched alkanes of at least 4 members (excludes halogenated alkanes) is 1. The summed E-state index contributed by atoms with van der Waals surface area (Å²) in [4.78, 5) is 47.0. The van der Waals surface area contributed by atoms with Crippen molar-refractivity contribution in [3.63, 3.8) is 0 Å². The average Bonchev–Trinajstić information content (AvgIpc) is 3.20. The van der Waals surface area contributed by atoms with Crippen LogP contribution in [0.2, 0.25) is 0 Å². The first kappa shape index (κ1) is 27.2. The van der Waals surface area contributed by atoms with E-state index in [0.29, 0.717) is 12.3 Å². The Bertz CT molecular complexity index is 858. The van der Waals surface area contributed by atoms with Crippen LogP contribution < -0.4 is 0 Å². The maximum absolute atomic E-state index is 11.9. The van der Waals surface area contributed by atoms with Gasteiger partial charge in [-0.15, -0.1) is 5.10 Å². The molecule has 1 aliphatic heterocycles. The number of ether oxygens (including phenoxy) is 6. The topological polar surface area (TPSA) is 154 Å². The molecule has 0 unspecified atom stereocenters. The highest BCUT2D eigenvalue weighted by atomic mass is 16.7. The molecule has 1 saturated heterocycles. The number of carbonyl (C=O) groups is 4. The van der Waals surface area contributed by atoms with Gasteiger partial charge < -0.3 is 28.4 Å². The van der Waals surface area contributed by atoms with E-state index in [1.54, 1.807) is 0 Å². The van der Waals surface area contributed by atoms with Crippen molar-refractivity contribution in [1.29, 1.82) is 0 Å². The van der Waals surface area contributed by atoms with E-state index in [1.165, 1.54) is 24.7 Å². The number of esters is 4. The van der Waals surface area contributed by atoms with Crippen LogP contribution in [-0.2, 0) is 54.2 Å². The minimum absolute atomic E-state index is 0.200. The van der Waals surface area contributed by atoms with Gasteiger partial charge in [-0.2, -0.15) is 0 Å². The van der Waals surface area contributed by atoms with Gasteiger partial charge in [0.05, 0.1) is 12.8 Å². The van der Waals surface area contributed by atoms with Gasteiger partial charge in [-0.05, 0) is 6.42 Å². The minimum Gasteiger partial charge on any atom is -0.463 e. The van der Waals surface area contributed by atoms with Gasteiger partial charge in [0, 0.05) is 34.3 Å². The van der Waals surface area contributed by atoms with Crippen LogP contribution in [0, 0.1) is 0 Å². The fourth-order valence-corrected chi connectivity index (χ4v) is 3.35. The molecule has 1 fully saturated rings. The van der Waals surface area contributed by atoms with Gasteiger partial charge in [-0.25, -0.2) is 4.68 Å². The summed E-state index contributed by atoms with van der Waals surface area (Å²) in [6.45, 7) is 7.16. The fourth-order valence-electron chi connectivity index (χ4n) is 3.35. The van der Waals surface area contributed by atoms with Gasteiger partial charge in [-0.3, -0.25) is 19.2 Å². The van der Waals surface area contributed by atoms with Crippen LogP contribution in [0.5, 0.6) is 0 Å². The van der Waals surface area contributed by atoms with Gasteiger partial charge >= 0.3 is 23.9 Å². The van der Waals surface area contributed by atoms with Crippen LogP contribution in [0.25, 0.3) is 0 Å². The van der Waals surface area contributed by atoms with Crippen molar-refractivity contribution in [3.8, 4) is 0 Å². The summed E-state index contributed by atoms with van der Waals surface area (Å²) in [5.74, 6) is -2.71. The summed E-state index contributed by atoms with van der Waals surface area (Å²) < 4.78 is 34.1. The van der Waals surface area contributed by atoms with Gasteiger partial charge in [0.25, 0.3) is 0 Å². The van der Waals surface area contributed by atoms with E-state index in [1.807, 2.05) is 6.92 Å². The standard InChI is InChI=1S/C21H31N3O10/c1-6-7-8-29-10-16-9-24(23-22-16)21-20(33-15(5)28)19(32-14(4)27)18(31-13(3)26)17(34-21)11-30-12(2)25/h9,17-21H,6-8,10-11H2,1-5H3/t17-,18-,19+,20-,21-/m1/s1. The van der Waals surface area contributed by atoms with Crippen LogP contribution in [0.4, 0.5) is 0 Å². The Morgan fingerprint density at radius 2 is 1.56 bits per heavy atom. The summed E-state index contributed by atoms with van der Waals surface area (Å²) in [7, 11) is 0. The molecule has 0 radical (unpaired) electrons. The maximum Gasteiger partial charge on any atom is 0.303 e. The van der Waals surface area contributed by atoms with E-state index in [9.17, 15) is 19.2 Å². The Kier molecular flexibility index (Phi) is 10.4. The zero-order valence-corrected chi connectivity index (χ0v) is 19.9. The first-order valence-corrected chi connectivity index (χ1v) is 10.9. The quantitative estimate of drug-likeness (QED) is 0.248. The summed E-state index contributed by atoms with van der Waals surface area (Å²) in [6.07, 6.45) is -2.56. The number of hydrogen-bond donors (Lipinski definition) is 0. The molecule has 1 aromatic rings. The third-order valence-corrected chi connectivity index (χ3v) is 4.68. The lowest BCUT2D eigenvalue weighted by atomic mass is 9.97. The van der Waals surface area contributed by atoms with Crippen molar-refractivity contribution in [2.45, 2.75) is 84.7 Å². The van der Waals surface area contributed by atoms with Crippen molar-refractivity contribution < 1.29 is 47.6 Å². The van der Waals surface area contributed by atoms with E-state index >= 15 is 0 Å². The minimum atomic E-state index is -1.28. The Hall–Kier alpha value is -3.06. The molecular weight excluding hydrogens is 454 g/mol. The smallest absolute Gasteiger partial charge is 0.303 e. The van der Waals surface area contributed by atoms with E-state index in [4.69, 9.17) is 28.4 Å². The molecule has 0 aromatic carbocycles. The normalized spacial score (nSPS) is 24.2. The van der Waals surface area contributed by atoms with Gasteiger partial charge in [0.1, 0.15) is 18.4 Å². The first-order chi connectivity index (χ1) is 16.1. The molecule has 2 rings (SSSR count). The molecule has 5 atom stereocenters. The SMILES string of the molecule is CCCCOCc1cn([C@@H]2O[C@H](COC(C)=O)[C@@H](OC(C)=O)[C@H](OC(C)=O)[C@H]2OC(C)=O)nn1. The summed E-state index contributed by atoms with van der Waals surface area (Å²) in [5.41, 5.74) is 0.490. The predicted octanol–water partition coefficient (Wildman–Crippen LogP) is 0.850. The molecule has 0 aliphatic carbocycles. The van der Waals surface area contributed by atoms with Gasteiger partial charge in [-0.1, -0.05) is 18.6 Å². The molecule has 0 saturated carbocycles. The second-order valence-corrected chi connectivity index (χ2v) is 7.69. The Morgan fingerprint density at radius 3 is 2.15 bits per heavy atom. The molecule has 0 bridgehead atoms. The number of rotatable bonds is 11. The van der Waals surface area contributed by atoms with Crippen LogP contribution >= 0.6 is 0 Å². The van der Waals surface area contributed by atoms with Gasteiger partial charge in [0.2, 0.25) is 0 Å². The second-order valence-electron chi connectivity index (χ2n) is 7.69. The second kappa shape index (κ2) is 13.0. The molecule has 190 valence electrons. The van der Waals surface area contributed by atoms with Gasteiger partial charge in [0.15, 0.2) is 24.5 Å². The van der Waals surface area contributed by atoms with Crippen LogP contribution in [0.15, 0.2) is 6.20 Å². The predicted molar refractivity (Wildman–Crippen MR) is 112 cm³/mol. The van der Waals surface area contributed by atoms with Crippen LogP contribution in [0.3, 0.4) is 0 Å². The Balaban J connectivity index is 2.40. The number of carbonyl (C=O) groups excluding carboxylic acids is 4. The van der Waals surface area contributed by atoms with Crippen LogP contribution in [0.1, 0.15) is 59.4 Å². The molecular formula is C21H31N3O10. The molecule has 0 amide bonds. The lowest BCUT2D eigenvalue weighted by Gasteiger charge is -2.44. The fraction of sp³-hybridized carbons (Fsp3) is 0.714. The lowest BCUT2D eigenvalue weighted by molar-refractivity contribution is -0.270. The Morgan fingerprint density at radius 1 is 0.941 bits per heavy atom. The molecule has 1 aliphatic rings. The number of hydrogen-bond acceptors (Lipinski definition) is 12. The largest absolute Gasteiger partial charge is 0.463 e. The highest BCUT2D eigenvalue weighted by Gasteiger charge is 2.53. The Labute approximate surface area is 196 Å². The average molecular weight is 485 g/mol. The monoisotopic (exact) mass is 485 g/mol. The van der Waals surface area contributed by atoms with Crippen LogP contribution in [-0.4, -0.2) is 76.5 Å². The molecule has 34 heavy (non-hydrogen) atoms. The van der Waals surface area contributed by atoms with E-state index in [-0.39, 0.29) is 13.2 Å². The maximum atomic E-state index is 11.9. The first-order valence-electron chi connectivity index (χ1n) is 10.9. The number of nitrogens with zero attached hydrogens (tertiary/aromatic N) is 3. The zero-order valence-electron chi connectivity index (χ0n) is 19.9. The van der Waals surface area contributed by atoms with E-state index in [0.717, 1.165) is 26.7 Å². The molecule has 2 heterocycles. The van der Waals surface area contributed by atoms with Crippen molar-refractivity contribution in [3.05, 3.63) is 11.9 Å². The zero-order chi connectivity index (χ0) is 25.3. The molecule has 0 spiro atoms. The third kappa shape index (κ3) is 8.06. The molecule has 0 N–H and O–H groups in total.